The van der Waals surface area contributed by atoms with Gasteiger partial charge in [0, 0.05) is 36.3 Å². The van der Waals surface area contributed by atoms with Crippen molar-refractivity contribution in [2.75, 3.05) is 13.1 Å². The smallest absolute Gasteiger partial charge is 0.311 e. The van der Waals surface area contributed by atoms with Crippen LogP contribution in [0, 0.1) is 5.41 Å². The molecule has 1 saturated heterocycles. The third kappa shape index (κ3) is 5.79. The number of hydrogen-bond donors (Lipinski definition) is 4. The molecule has 5 N–H and O–H groups in total. The number of aromatic nitrogens is 1. The van der Waals surface area contributed by atoms with Gasteiger partial charge in [-0.1, -0.05) is 24.3 Å². The standard InChI is InChI=1S/C24H28N4O3.2ClH/c1-2-28-18(11-16-3-4-17(23(25)26)12-22(16)28)13-21(24(29)30)15-5-7-19(8-6-15)31-20-9-10-27-14-20;;/h3-8,11-12,20-21,27H,2,9-10,13-14H2,1H3,(H3,25,26)(H,29,30);2*1H/t20-,21?;;/m1../s1. The van der Waals surface area contributed by atoms with Crippen LogP contribution >= 0.6 is 24.8 Å². The highest BCUT2D eigenvalue weighted by atomic mass is 35.5. The van der Waals surface area contributed by atoms with Crippen molar-refractivity contribution in [1.82, 2.24) is 9.88 Å². The molecule has 33 heavy (non-hydrogen) atoms. The Kier molecular flexibility index (Phi) is 9.16. The number of ether oxygens (including phenoxy) is 1. The molecule has 0 saturated carbocycles. The molecule has 0 amide bonds. The third-order valence-electron chi connectivity index (χ3n) is 5.93. The Morgan fingerprint density at radius 2 is 1.97 bits per heavy atom. The second-order valence-electron chi connectivity index (χ2n) is 7.96. The maximum absolute atomic E-state index is 12.1. The Morgan fingerprint density at radius 1 is 1.24 bits per heavy atom. The Hall–Kier alpha value is -2.74. The lowest BCUT2D eigenvalue weighted by molar-refractivity contribution is -0.138. The lowest BCUT2D eigenvalue weighted by atomic mass is 9.94. The van der Waals surface area contributed by atoms with E-state index >= 15 is 0 Å². The van der Waals surface area contributed by atoms with Gasteiger partial charge in [0.1, 0.15) is 17.7 Å². The number of carbonyl (C=O) groups is 1. The summed E-state index contributed by atoms with van der Waals surface area (Å²) in [6, 6.07) is 15.1. The number of amidine groups is 1. The maximum atomic E-state index is 12.1. The van der Waals surface area contributed by atoms with Crippen LogP contribution in [0.2, 0.25) is 0 Å². The molecule has 0 bridgehead atoms. The van der Waals surface area contributed by atoms with Gasteiger partial charge in [-0.25, -0.2) is 0 Å². The number of aryl methyl sites for hydroxylation is 1. The van der Waals surface area contributed by atoms with Gasteiger partial charge in [0.2, 0.25) is 0 Å². The molecule has 4 rings (SSSR count). The fourth-order valence-corrected chi connectivity index (χ4v) is 4.28. The summed E-state index contributed by atoms with van der Waals surface area (Å²) in [5, 5.41) is 21.9. The first-order valence-corrected chi connectivity index (χ1v) is 10.6. The van der Waals surface area contributed by atoms with Crippen molar-refractivity contribution in [1.29, 1.82) is 5.41 Å². The van der Waals surface area contributed by atoms with Crippen molar-refractivity contribution in [3.63, 3.8) is 0 Å². The van der Waals surface area contributed by atoms with Gasteiger partial charge in [0.15, 0.2) is 0 Å². The monoisotopic (exact) mass is 492 g/mol. The van der Waals surface area contributed by atoms with Gasteiger partial charge in [-0.05, 0) is 55.1 Å². The third-order valence-corrected chi connectivity index (χ3v) is 5.93. The van der Waals surface area contributed by atoms with Crippen molar-refractivity contribution < 1.29 is 14.6 Å². The molecule has 1 aliphatic rings. The van der Waals surface area contributed by atoms with E-state index in [9.17, 15) is 9.90 Å². The number of nitrogens with two attached hydrogens (primary N) is 1. The SMILES string of the molecule is CCn1c(CC(C(=O)O)c2ccc(O[C@@H]3CCNC3)cc2)cc2ccc(C(=N)N)cc21.Cl.Cl. The zero-order chi connectivity index (χ0) is 22.0. The number of fused-ring (bicyclic) bond motifs is 1. The van der Waals surface area contributed by atoms with E-state index in [4.69, 9.17) is 15.9 Å². The summed E-state index contributed by atoms with van der Waals surface area (Å²) >= 11 is 0. The summed E-state index contributed by atoms with van der Waals surface area (Å²) in [6.07, 6.45) is 1.52. The predicted molar refractivity (Wildman–Crippen MR) is 136 cm³/mol. The maximum Gasteiger partial charge on any atom is 0.311 e. The molecule has 1 unspecified atom stereocenters. The molecular weight excluding hydrogens is 463 g/mol. The predicted octanol–water partition coefficient (Wildman–Crippen LogP) is 3.94. The summed E-state index contributed by atoms with van der Waals surface area (Å²) < 4.78 is 8.05. The molecule has 7 nitrogen and oxygen atoms in total. The van der Waals surface area contributed by atoms with Crippen LogP contribution in [0.3, 0.4) is 0 Å². The molecule has 1 aromatic heterocycles. The van der Waals surface area contributed by atoms with E-state index in [-0.39, 0.29) is 36.8 Å². The lowest BCUT2D eigenvalue weighted by Gasteiger charge is -2.17. The van der Waals surface area contributed by atoms with Crippen molar-refractivity contribution in [2.24, 2.45) is 5.73 Å². The highest BCUT2D eigenvalue weighted by molar-refractivity contribution is 5.98. The highest BCUT2D eigenvalue weighted by Gasteiger charge is 2.23. The van der Waals surface area contributed by atoms with E-state index in [1.165, 1.54) is 0 Å². The van der Waals surface area contributed by atoms with Gasteiger partial charge >= 0.3 is 5.97 Å². The number of rotatable bonds is 8. The van der Waals surface area contributed by atoms with Gasteiger partial charge in [-0.15, -0.1) is 24.8 Å². The quantitative estimate of drug-likeness (QED) is 0.281. The van der Waals surface area contributed by atoms with Gasteiger partial charge in [-0.2, -0.15) is 0 Å². The largest absolute Gasteiger partial charge is 0.489 e. The Labute approximate surface area is 205 Å². The average molecular weight is 493 g/mol. The van der Waals surface area contributed by atoms with Crippen molar-refractivity contribution in [3.8, 4) is 5.75 Å². The molecule has 2 atom stereocenters. The van der Waals surface area contributed by atoms with Crippen LogP contribution in [0.4, 0.5) is 0 Å². The van der Waals surface area contributed by atoms with E-state index in [0.717, 1.165) is 47.4 Å². The molecule has 2 aromatic carbocycles. The zero-order valence-electron chi connectivity index (χ0n) is 18.4. The summed E-state index contributed by atoms with van der Waals surface area (Å²) in [4.78, 5) is 12.1. The number of carboxylic acid groups (broad SMARTS) is 1. The van der Waals surface area contributed by atoms with E-state index in [1.54, 1.807) is 0 Å². The molecule has 1 aliphatic heterocycles. The van der Waals surface area contributed by atoms with Gasteiger partial charge < -0.3 is 25.5 Å². The summed E-state index contributed by atoms with van der Waals surface area (Å²) in [5.41, 5.74) is 8.97. The second-order valence-corrected chi connectivity index (χ2v) is 7.96. The molecule has 3 aromatic rings. The van der Waals surface area contributed by atoms with Crippen molar-refractivity contribution in [3.05, 3.63) is 65.4 Å². The number of nitrogen functional groups attached to an aromatic ring is 1. The normalized spacial score (nSPS) is 16.0. The van der Waals surface area contributed by atoms with E-state index < -0.39 is 11.9 Å². The van der Waals surface area contributed by atoms with Crippen LogP contribution in [0.25, 0.3) is 10.9 Å². The fraction of sp³-hybridized carbons (Fsp3) is 0.333. The van der Waals surface area contributed by atoms with Crippen LogP contribution in [0.5, 0.6) is 5.75 Å². The van der Waals surface area contributed by atoms with E-state index in [0.29, 0.717) is 18.5 Å². The minimum atomic E-state index is -0.856. The highest BCUT2D eigenvalue weighted by Crippen LogP contribution is 2.28. The summed E-state index contributed by atoms with van der Waals surface area (Å²) in [6.45, 7) is 4.54. The van der Waals surface area contributed by atoms with Gasteiger partial charge in [-0.3, -0.25) is 10.2 Å². The summed E-state index contributed by atoms with van der Waals surface area (Å²) in [5.74, 6) is -0.734. The number of nitrogens with zero attached hydrogens (tertiary/aromatic N) is 1. The Morgan fingerprint density at radius 3 is 2.55 bits per heavy atom. The topological polar surface area (TPSA) is 113 Å². The first-order valence-electron chi connectivity index (χ1n) is 10.6. The van der Waals surface area contributed by atoms with Crippen LogP contribution in [0.15, 0.2) is 48.5 Å². The molecule has 0 spiro atoms. The van der Waals surface area contributed by atoms with Gasteiger partial charge in [0.05, 0.1) is 5.92 Å². The molecule has 0 radical (unpaired) electrons. The van der Waals surface area contributed by atoms with E-state index in [1.807, 2.05) is 55.5 Å². The Balaban J connectivity index is 0.00000193. The first kappa shape index (κ1) is 26.5. The van der Waals surface area contributed by atoms with Crippen LogP contribution in [-0.4, -0.2) is 40.7 Å². The van der Waals surface area contributed by atoms with Crippen molar-refractivity contribution >= 4 is 47.5 Å². The number of nitrogens with one attached hydrogen (secondary N) is 2. The average Bonchev–Trinajstić information content (AvgIpc) is 3.38. The number of aliphatic carboxylic acids is 1. The number of hydrogen-bond acceptors (Lipinski definition) is 4. The number of halogens is 2. The van der Waals surface area contributed by atoms with Crippen molar-refractivity contribution in [2.45, 2.75) is 38.3 Å². The molecular formula is C24H30Cl2N4O3. The molecule has 0 aliphatic carbocycles. The van der Waals surface area contributed by atoms with Crippen LogP contribution in [-0.2, 0) is 17.8 Å². The number of carboxylic acids is 1. The van der Waals surface area contributed by atoms with Gasteiger partial charge in [0.25, 0.3) is 0 Å². The minimum Gasteiger partial charge on any atom is -0.489 e. The fourth-order valence-electron chi connectivity index (χ4n) is 4.28. The second kappa shape index (κ2) is 11.4. The summed E-state index contributed by atoms with van der Waals surface area (Å²) in [7, 11) is 0. The van der Waals surface area contributed by atoms with Crippen LogP contribution in [0.1, 0.15) is 36.1 Å². The lowest BCUT2D eigenvalue weighted by Crippen LogP contribution is -2.19. The molecule has 9 heteroatoms. The minimum absolute atomic E-state index is 0. The van der Waals surface area contributed by atoms with E-state index in [2.05, 4.69) is 9.88 Å². The molecule has 178 valence electrons. The Bertz CT molecular complexity index is 1110. The molecule has 1 fully saturated rings. The van der Waals surface area contributed by atoms with Crippen LogP contribution < -0.4 is 15.8 Å². The number of benzene rings is 2. The first-order chi connectivity index (χ1) is 15.0. The molecule has 2 heterocycles. The zero-order valence-corrected chi connectivity index (χ0v) is 20.0.